The van der Waals surface area contributed by atoms with Gasteiger partial charge in [0.05, 0.1) is 10.7 Å². The van der Waals surface area contributed by atoms with Gasteiger partial charge in [-0.1, -0.05) is 65.2 Å². The van der Waals surface area contributed by atoms with Crippen molar-refractivity contribution in [2.24, 2.45) is 0 Å². The first-order chi connectivity index (χ1) is 16.9. The van der Waals surface area contributed by atoms with Crippen LogP contribution in [-0.4, -0.2) is 18.5 Å². The van der Waals surface area contributed by atoms with Crippen molar-refractivity contribution in [1.82, 2.24) is 0 Å². The zero-order chi connectivity index (χ0) is 24.8. The van der Waals surface area contributed by atoms with Crippen molar-refractivity contribution in [3.63, 3.8) is 0 Å². The number of hydrogen-bond donors (Lipinski definition) is 1. The minimum Gasteiger partial charge on any atom is -0.482 e. The molecule has 176 valence electrons. The number of amides is 1. The summed E-state index contributed by atoms with van der Waals surface area (Å²) in [5.74, 6) is -0.0739. The van der Waals surface area contributed by atoms with Gasteiger partial charge < -0.3 is 14.8 Å². The summed E-state index contributed by atoms with van der Waals surface area (Å²) in [6.45, 7) is 1.79. The van der Waals surface area contributed by atoms with Gasteiger partial charge in [-0.25, -0.2) is 4.79 Å². The fraction of sp³-hybridized carbons (Fsp3) is 0.0714. The summed E-state index contributed by atoms with van der Waals surface area (Å²) >= 11 is 12.0. The molecule has 0 atom stereocenters. The van der Waals surface area contributed by atoms with Crippen LogP contribution in [0.2, 0.25) is 10.0 Å². The minimum atomic E-state index is -0.560. The number of anilines is 1. The van der Waals surface area contributed by atoms with E-state index >= 15 is 0 Å². The Labute approximate surface area is 213 Å². The quantitative estimate of drug-likeness (QED) is 0.213. The molecular weight excluding hydrogens is 485 g/mol. The molecule has 0 aliphatic rings. The highest BCUT2D eigenvalue weighted by molar-refractivity contribution is 6.35. The van der Waals surface area contributed by atoms with Crippen LogP contribution in [0.15, 0.2) is 91.0 Å². The lowest BCUT2D eigenvalue weighted by Gasteiger charge is -2.09. The summed E-state index contributed by atoms with van der Waals surface area (Å²) < 4.78 is 10.8. The van der Waals surface area contributed by atoms with Crippen LogP contribution in [-0.2, 0) is 4.79 Å². The molecule has 0 aliphatic carbocycles. The van der Waals surface area contributed by atoms with Crippen LogP contribution in [0.5, 0.6) is 11.5 Å². The van der Waals surface area contributed by atoms with E-state index in [0.717, 1.165) is 11.1 Å². The molecule has 0 aromatic heterocycles. The lowest BCUT2D eigenvalue weighted by Crippen LogP contribution is -2.18. The Morgan fingerprint density at radius 3 is 2.03 bits per heavy atom. The zero-order valence-corrected chi connectivity index (χ0v) is 20.3. The molecule has 4 aromatic carbocycles. The Hall–Kier alpha value is -3.80. The van der Waals surface area contributed by atoms with Gasteiger partial charge in [-0.05, 0) is 72.6 Å². The van der Waals surface area contributed by atoms with Crippen LogP contribution in [0.1, 0.15) is 15.9 Å². The monoisotopic (exact) mass is 505 g/mol. The predicted octanol–water partition coefficient (Wildman–Crippen LogP) is 7.21. The van der Waals surface area contributed by atoms with Crippen molar-refractivity contribution in [2.75, 3.05) is 11.9 Å². The molecule has 0 bridgehead atoms. The molecule has 0 aliphatic heterocycles. The second kappa shape index (κ2) is 11.1. The van der Waals surface area contributed by atoms with Gasteiger partial charge in [0.1, 0.15) is 11.5 Å². The third kappa shape index (κ3) is 6.63. The fourth-order valence-electron chi connectivity index (χ4n) is 3.25. The Kier molecular flexibility index (Phi) is 7.70. The van der Waals surface area contributed by atoms with Gasteiger partial charge in [0, 0.05) is 10.6 Å². The van der Waals surface area contributed by atoms with Crippen LogP contribution in [0.25, 0.3) is 11.1 Å². The summed E-state index contributed by atoms with van der Waals surface area (Å²) in [6.07, 6.45) is 0. The first-order valence-corrected chi connectivity index (χ1v) is 11.5. The molecule has 0 unspecified atom stereocenters. The normalized spacial score (nSPS) is 10.5. The molecule has 0 heterocycles. The molecule has 0 spiro atoms. The van der Waals surface area contributed by atoms with Crippen molar-refractivity contribution in [2.45, 2.75) is 6.92 Å². The standard InChI is InChI=1S/C28H21Cl2NO4/c1-18-2-4-19(5-3-18)20-6-11-23(12-7-20)34-17-27(32)35-24-13-8-21(9-14-24)28(33)31-26-16-22(29)10-15-25(26)30/h2-16H,17H2,1H3,(H,31,33). The highest BCUT2D eigenvalue weighted by atomic mass is 35.5. The molecule has 1 N–H and O–H groups in total. The molecule has 0 fully saturated rings. The van der Waals surface area contributed by atoms with Crippen molar-refractivity contribution < 1.29 is 19.1 Å². The van der Waals surface area contributed by atoms with Crippen molar-refractivity contribution in [3.8, 4) is 22.6 Å². The van der Waals surface area contributed by atoms with Crippen LogP contribution in [0.4, 0.5) is 5.69 Å². The number of carbonyl (C=O) groups is 2. The number of carbonyl (C=O) groups excluding carboxylic acids is 2. The van der Waals surface area contributed by atoms with Crippen molar-refractivity contribution in [1.29, 1.82) is 0 Å². The van der Waals surface area contributed by atoms with Crippen LogP contribution >= 0.6 is 23.2 Å². The second-order valence-corrected chi connectivity index (χ2v) is 8.60. The Balaban J connectivity index is 1.28. The Bertz CT molecular complexity index is 1340. The summed E-state index contributed by atoms with van der Waals surface area (Å²) in [7, 11) is 0. The molecule has 7 heteroatoms. The molecular formula is C28H21Cl2NO4. The van der Waals surface area contributed by atoms with E-state index in [2.05, 4.69) is 29.6 Å². The maximum absolute atomic E-state index is 12.5. The summed E-state index contributed by atoms with van der Waals surface area (Å²) in [5.41, 5.74) is 4.14. The van der Waals surface area contributed by atoms with Crippen LogP contribution in [0.3, 0.4) is 0 Å². The highest BCUT2D eigenvalue weighted by Gasteiger charge is 2.11. The Morgan fingerprint density at radius 1 is 0.771 bits per heavy atom. The van der Waals surface area contributed by atoms with E-state index in [4.69, 9.17) is 32.7 Å². The van der Waals surface area contributed by atoms with Crippen molar-refractivity contribution >= 4 is 40.8 Å². The molecule has 0 radical (unpaired) electrons. The molecule has 5 nitrogen and oxygen atoms in total. The molecule has 35 heavy (non-hydrogen) atoms. The van der Waals surface area contributed by atoms with Crippen LogP contribution in [0, 0.1) is 6.92 Å². The first kappa shape index (κ1) is 24.3. The lowest BCUT2D eigenvalue weighted by atomic mass is 10.0. The van der Waals surface area contributed by atoms with Gasteiger partial charge in [-0.2, -0.15) is 0 Å². The van der Waals surface area contributed by atoms with E-state index in [0.29, 0.717) is 32.8 Å². The van der Waals surface area contributed by atoms with Gasteiger partial charge in [-0.3, -0.25) is 4.79 Å². The Morgan fingerprint density at radius 2 is 1.37 bits per heavy atom. The number of halogens is 2. The minimum absolute atomic E-state index is 0.251. The number of hydrogen-bond acceptors (Lipinski definition) is 4. The maximum Gasteiger partial charge on any atom is 0.349 e. The lowest BCUT2D eigenvalue weighted by molar-refractivity contribution is -0.136. The molecule has 0 saturated carbocycles. The van der Waals surface area contributed by atoms with E-state index in [-0.39, 0.29) is 12.5 Å². The number of ether oxygens (including phenoxy) is 2. The van der Waals surface area contributed by atoms with Gasteiger partial charge >= 0.3 is 5.97 Å². The summed E-state index contributed by atoms with van der Waals surface area (Å²) in [5, 5.41) is 3.53. The maximum atomic E-state index is 12.5. The van der Waals surface area contributed by atoms with Crippen LogP contribution < -0.4 is 14.8 Å². The number of rotatable bonds is 7. The molecule has 1 amide bonds. The average molecular weight is 506 g/mol. The topological polar surface area (TPSA) is 64.6 Å². The third-order valence-corrected chi connectivity index (χ3v) is 5.69. The predicted molar refractivity (Wildman–Crippen MR) is 139 cm³/mol. The SMILES string of the molecule is Cc1ccc(-c2ccc(OCC(=O)Oc3ccc(C(=O)Nc4cc(Cl)ccc4Cl)cc3)cc2)cc1. The van der Waals surface area contributed by atoms with Gasteiger partial charge in [0.25, 0.3) is 5.91 Å². The van der Waals surface area contributed by atoms with Gasteiger partial charge in [0.2, 0.25) is 0 Å². The van der Waals surface area contributed by atoms with E-state index < -0.39 is 5.97 Å². The average Bonchev–Trinajstić information content (AvgIpc) is 2.86. The first-order valence-electron chi connectivity index (χ1n) is 10.7. The van der Waals surface area contributed by atoms with E-state index in [1.165, 1.54) is 17.7 Å². The smallest absolute Gasteiger partial charge is 0.349 e. The third-order valence-electron chi connectivity index (χ3n) is 5.12. The van der Waals surface area contributed by atoms with E-state index in [1.807, 2.05) is 31.2 Å². The number of benzene rings is 4. The highest BCUT2D eigenvalue weighted by Crippen LogP contribution is 2.26. The number of nitrogens with one attached hydrogen (secondary N) is 1. The number of aryl methyl sites for hydroxylation is 1. The van der Waals surface area contributed by atoms with Crippen molar-refractivity contribution in [3.05, 3.63) is 112 Å². The summed E-state index contributed by atoms with van der Waals surface area (Å²) in [6, 6.07) is 26.7. The molecule has 4 rings (SSSR count). The number of esters is 1. The zero-order valence-electron chi connectivity index (χ0n) is 18.8. The summed E-state index contributed by atoms with van der Waals surface area (Å²) in [4.78, 5) is 24.6. The second-order valence-electron chi connectivity index (χ2n) is 7.76. The van der Waals surface area contributed by atoms with E-state index in [1.54, 1.807) is 30.3 Å². The molecule has 4 aromatic rings. The van der Waals surface area contributed by atoms with Gasteiger partial charge in [-0.15, -0.1) is 0 Å². The van der Waals surface area contributed by atoms with Gasteiger partial charge in [0.15, 0.2) is 6.61 Å². The van der Waals surface area contributed by atoms with E-state index in [9.17, 15) is 9.59 Å². The molecule has 0 saturated heterocycles. The fourth-order valence-corrected chi connectivity index (χ4v) is 3.59. The largest absolute Gasteiger partial charge is 0.482 e.